The van der Waals surface area contributed by atoms with Crippen molar-refractivity contribution >= 4 is 34.9 Å². The van der Waals surface area contributed by atoms with Crippen molar-refractivity contribution in [2.45, 2.75) is 12.5 Å². The molecule has 0 saturated carbocycles. The number of hydrogen-bond donors (Lipinski definition) is 2. The molecular weight excluding hydrogens is 335 g/mol. The minimum absolute atomic E-state index is 0.278. The zero-order chi connectivity index (χ0) is 16.9. The second-order valence-corrected chi connectivity index (χ2v) is 6.08. The van der Waals surface area contributed by atoms with Crippen molar-refractivity contribution < 1.29 is 9.53 Å². The molecule has 1 atom stereocenters. The van der Waals surface area contributed by atoms with E-state index in [4.69, 9.17) is 27.9 Å². The van der Waals surface area contributed by atoms with Gasteiger partial charge in [0.2, 0.25) is 0 Å². The van der Waals surface area contributed by atoms with E-state index >= 15 is 0 Å². The first kappa shape index (κ1) is 17.6. The molecule has 0 aliphatic carbocycles. The monoisotopic (exact) mass is 352 g/mol. The van der Waals surface area contributed by atoms with Gasteiger partial charge < -0.3 is 15.4 Å². The van der Waals surface area contributed by atoms with Crippen molar-refractivity contribution in [2.75, 3.05) is 19.0 Å². The quantitative estimate of drug-likeness (QED) is 0.820. The fourth-order valence-corrected chi connectivity index (χ4v) is 2.46. The third-order valence-electron chi connectivity index (χ3n) is 3.59. The summed E-state index contributed by atoms with van der Waals surface area (Å²) in [4.78, 5) is 12.1. The van der Waals surface area contributed by atoms with Gasteiger partial charge in [-0.25, -0.2) is 4.79 Å². The Balaban J connectivity index is 2.02. The number of methoxy groups -OCH3 is 1. The number of ether oxygens (including phenoxy) is 1. The largest absolute Gasteiger partial charge is 0.372 e. The van der Waals surface area contributed by atoms with Gasteiger partial charge in [-0.05, 0) is 36.8 Å². The van der Waals surface area contributed by atoms with Crippen LogP contribution in [0.3, 0.4) is 0 Å². The first-order valence-electron chi connectivity index (χ1n) is 7.05. The summed E-state index contributed by atoms with van der Waals surface area (Å²) < 4.78 is 5.58. The maximum atomic E-state index is 12.1. The number of rotatable bonds is 5. The number of halogens is 2. The number of carbonyl (C=O) groups is 1. The van der Waals surface area contributed by atoms with Crippen LogP contribution in [0.15, 0.2) is 48.5 Å². The number of nitrogens with one attached hydrogen (secondary N) is 2. The summed E-state index contributed by atoms with van der Waals surface area (Å²) in [6, 6.07) is 14.0. The summed E-state index contributed by atoms with van der Waals surface area (Å²) in [6.45, 7) is 2.16. The first-order chi connectivity index (χ1) is 10.9. The molecule has 2 aromatic rings. The maximum Gasteiger partial charge on any atom is 0.319 e. The summed E-state index contributed by atoms with van der Waals surface area (Å²) >= 11 is 12.0. The molecule has 0 fully saturated rings. The van der Waals surface area contributed by atoms with Crippen molar-refractivity contribution in [1.29, 1.82) is 0 Å². The molecule has 0 heterocycles. The lowest BCUT2D eigenvalue weighted by Gasteiger charge is -2.29. The summed E-state index contributed by atoms with van der Waals surface area (Å²) in [7, 11) is 1.59. The number of para-hydroxylation sites is 1. The van der Waals surface area contributed by atoms with E-state index in [1.54, 1.807) is 37.4 Å². The highest BCUT2D eigenvalue weighted by Gasteiger charge is 2.27. The van der Waals surface area contributed by atoms with Crippen molar-refractivity contribution in [3.05, 3.63) is 64.1 Å². The molecular formula is C17H18Cl2N2O2. The number of urea groups is 1. The summed E-state index contributed by atoms with van der Waals surface area (Å²) in [5.41, 5.74) is 0.738. The van der Waals surface area contributed by atoms with Gasteiger partial charge in [0.15, 0.2) is 0 Å². The lowest BCUT2D eigenvalue weighted by Crippen LogP contribution is -2.41. The molecule has 0 aliphatic heterocycles. The average Bonchev–Trinajstić information content (AvgIpc) is 2.55. The molecule has 0 aliphatic rings. The van der Waals surface area contributed by atoms with E-state index in [0.717, 1.165) is 5.56 Å². The molecule has 4 nitrogen and oxygen atoms in total. The second kappa shape index (κ2) is 7.68. The lowest BCUT2D eigenvalue weighted by atomic mass is 9.96. The summed E-state index contributed by atoms with van der Waals surface area (Å²) in [5, 5.41) is 6.59. The highest BCUT2D eigenvalue weighted by molar-refractivity contribution is 6.33. The van der Waals surface area contributed by atoms with Crippen LogP contribution in [0.1, 0.15) is 12.5 Å². The van der Waals surface area contributed by atoms with Crippen LogP contribution in [-0.4, -0.2) is 19.7 Å². The number of carbonyl (C=O) groups excluding carboxylic acids is 1. The van der Waals surface area contributed by atoms with Gasteiger partial charge in [-0.2, -0.15) is 0 Å². The standard InChI is InChI=1S/C17H18Cl2N2O2/c1-17(23-2,12-6-5-7-13(18)10-12)11-20-16(22)21-15-9-4-3-8-14(15)19/h3-10H,11H2,1-2H3,(H2,20,21,22). The summed E-state index contributed by atoms with van der Waals surface area (Å²) in [6.07, 6.45) is 0. The van der Waals surface area contributed by atoms with E-state index in [0.29, 0.717) is 15.7 Å². The van der Waals surface area contributed by atoms with E-state index in [2.05, 4.69) is 10.6 Å². The van der Waals surface area contributed by atoms with Gasteiger partial charge in [0.25, 0.3) is 0 Å². The minimum Gasteiger partial charge on any atom is -0.372 e. The Labute approximate surface area is 145 Å². The SMILES string of the molecule is COC(C)(CNC(=O)Nc1ccccc1Cl)c1cccc(Cl)c1. The third kappa shape index (κ3) is 4.61. The normalized spacial score (nSPS) is 13.2. The Hall–Kier alpha value is -1.75. The van der Waals surface area contributed by atoms with Gasteiger partial charge in [-0.3, -0.25) is 0 Å². The molecule has 0 spiro atoms. The van der Waals surface area contributed by atoms with Crippen LogP contribution in [0.5, 0.6) is 0 Å². The van der Waals surface area contributed by atoms with Gasteiger partial charge in [0.1, 0.15) is 5.60 Å². The smallest absolute Gasteiger partial charge is 0.319 e. The molecule has 0 saturated heterocycles. The molecule has 6 heteroatoms. The van der Waals surface area contributed by atoms with Gasteiger partial charge in [0.05, 0.1) is 17.3 Å². The average molecular weight is 353 g/mol. The van der Waals surface area contributed by atoms with Crippen molar-refractivity contribution in [3.63, 3.8) is 0 Å². The molecule has 2 amide bonds. The van der Waals surface area contributed by atoms with Gasteiger partial charge in [-0.15, -0.1) is 0 Å². The number of hydrogen-bond acceptors (Lipinski definition) is 2. The van der Waals surface area contributed by atoms with E-state index in [1.165, 1.54) is 0 Å². The Morgan fingerprint density at radius 3 is 2.57 bits per heavy atom. The van der Waals surface area contributed by atoms with Crippen LogP contribution in [0, 0.1) is 0 Å². The molecule has 2 N–H and O–H groups in total. The van der Waals surface area contributed by atoms with Gasteiger partial charge in [-0.1, -0.05) is 47.5 Å². The fourth-order valence-electron chi connectivity index (χ4n) is 2.09. The molecule has 2 aromatic carbocycles. The van der Waals surface area contributed by atoms with E-state index in [9.17, 15) is 4.79 Å². The molecule has 23 heavy (non-hydrogen) atoms. The molecule has 2 rings (SSSR count). The van der Waals surface area contributed by atoms with Gasteiger partial charge >= 0.3 is 6.03 Å². The lowest BCUT2D eigenvalue weighted by molar-refractivity contribution is 0.00521. The zero-order valence-corrected chi connectivity index (χ0v) is 14.4. The van der Waals surface area contributed by atoms with E-state index in [1.807, 2.05) is 25.1 Å². The van der Waals surface area contributed by atoms with Crippen LogP contribution < -0.4 is 10.6 Å². The number of benzene rings is 2. The van der Waals surface area contributed by atoms with Crippen LogP contribution in [-0.2, 0) is 10.3 Å². The van der Waals surface area contributed by atoms with Crippen LogP contribution in [0.4, 0.5) is 10.5 Å². The van der Waals surface area contributed by atoms with E-state index in [-0.39, 0.29) is 12.6 Å². The Kier molecular flexibility index (Phi) is 5.88. The summed E-state index contributed by atoms with van der Waals surface area (Å²) in [5.74, 6) is 0. The Morgan fingerprint density at radius 2 is 1.91 bits per heavy atom. The van der Waals surface area contributed by atoms with Crippen molar-refractivity contribution in [3.8, 4) is 0 Å². The Morgan fingerprint density at radius 1 is 1.17 bits per heavy atom. The molecule has 122 valence electrons. The topological polar surface area (TPSA) is 50.4 Å². The maximum absolute atomic E-state index is 12.1. The second-order valence-electron chi connectivity index (χ2n) is 5.23. The molecule has 0 radical (unpaired) electrons. The number of amides is 2. The highest BCUT2D eigenvalue weighted by Crippen LogP contribution is 2.26. The highest BCUT2D eigenvalue weighted by atomic mass is 35.5. The predicted octanol–water partition coefficient (Wildman–Crippen LogP) is 4.68. The fraction of sp³-hybridized carbons (Fsp3) is 0.235. The predicted molar refractivity (Wildman–Crippen MR) is 94.3 cm³/mol. The molecule has 0 bridgehead atoms. The van der Waals surface area contributed by atoms with Crippen LogP contribution >= 0.6 is 23.2 Å². The van der Waals surface area contributed by atoms with Gasteiger partial charge in [0, 0.05) is 12.1 Å². The van der Waals surface area contributed by atoms with Crippen LogP contribution in [0.2, 0.25) is 10.0 Å². The molecule has 0 aromatic heterocycles. The van der Waals surface area contributed by atoms with Crippen LogP contribution in [0.25, 0.3) is 0 Å². The minimum atomic E-state index is -0.692. The first-order valence-corrected chi connectivity index (χ1v) is 7.81. The van der Waals surface area contributed by atoms with Crippen molar-refractivity contribution in [1.82, 2.24) is 5.32 Å². The van der Waals surface area contributed by atoms with E-state index < -0.39 is 5.60 Å². The zero-order valence-electron chi connectivity index (χ0n) is 12.9. The number of anilines is 1. The Bertz CT molecular complexity index is 694. The molecule has 1 unspecified atom stereocenters. The third-order valence-corrected chi connectivity index (χ3v) is 4.16. The van der Waals surface area contributed by atoms with Crippen molar-refractivity contribution in [2.24, 2.45) is 0 Å².